The van der Waals surface area contributed by atoms with Gasteiger partial charge < -0.3 is 15.4 Å². The standard InChI is InChI=1S/C32H45ClF3N7O2S/c1-6-26(39-22(2)37-17-9-7-8-10-23-20-30(3,4)38-21-23)46-41-29(44)24-11-12-25(40-28(24)33)43-18-13-27(42(43)5)45-19-16-31(14-15-31)32(34,35)36/h6,11-13,18,23,27,37-38H,1-2,7-10,14-17,19-21H2,3-5H3,(H,41,44)/b39-26+. The van der Waals surface area contributed by atoms with Gasteiger partial charge in [0.1, 0.15) is 28.1 Å². The smallest absolute Gasteiger partial charge is 0.371 e. The fourth-order valence-electron chi connectivity index (χ4n) is 5.73. The molecule has 1 saturated heterocycles. The molecule has 2 aliphatic heterocycles. The monoisotopic (exact) mass is 683 g/mol. The molecule has 1 aromatic rings. The molecule has 46 heavy (non-hydrogen) atoms. The third-order valence-electron chi connectivity index (χ3n) is 8.69. The Bertz CT molecular complexity index is 1320. The van der Waals surface area contributed by atoms with E-state index in [2.05, 4.69) is 52.3 Å². The van der Waals surface area contributed by atoms with Crippen molar-refractivity contribution in [3.63, 3.8) is 0 Å². The zero-order valence-electron chi connectivity index (χ0n) is 26.8. The van der Waals surface area contributed by atoms with Crippen molar-refractivity contribution in [2.24, 2.45) is 16.3 Å². The molecular weight excluding hydrogens is 639 g/mol. The van der Waals surface area contributed by atoms with Crippen LogP contribution in [0.15, 0.2) is 54.5 Å². The number of hydrogen-bond donors (Lipinski definition) is 3. The Hall–Kier alpha value is -2.58. The fraction of sp³-hybridized carbons (Fsp3) is 0.594. The minimum atomic E-state index is -4.21. The topological polar surface area (TPSA) is 94.1 Å². The minimum Gasteiger partial charge on any atom is -0.371 e. The molecule has 0 radical (unpaired) electrons. The molecule has 1 aromatic heterocycles. The van der Waals surface area contributed by atoms with Gasteiger partial charge in [0.2, 0.25) is 0 Å². The quantitative estimate of drug-likeness (QED) is 0.0601. The van der Waals surface area contributed by atoms with Crippen LogP contribution in [-0.2, 0) is 4.74 Å². The molecule has 4 rings (SSSR count). The van der Waals surface area contributed by atoms with E-state index in [1.54, 1.807) is 41.5 Å². The second kappa shape index (κ2) is 15.5. The predicted octanol–water partition coefficient (Wildman–Crippen LogP) is 6.96. The van der Waals surface area contributed by atoms with Crippen LogP contribution in [0.4, 0.5) is 19.0 Å². The summed E-state index contributed by atoms with van der Waals surface area (Å²) in [4.78, 5) is 21.6. The summed E-state index contributed by atoms with van der Waals surface area (Å²) in [6, 6.07) is 3.17. The third kappa shape index (κ3) is 9.72. The maximum Gasteiger partial charge on any atom is 0.394 e. The van der Waals surface area contributed by atoms with Crippen molar-refractivity contribution < 1.29 is 22.7 Å². The van der Waals surface area contributed by atoms with Gasteiger partial charge in [-0.1, -0.05) is 37.6 Å². The van der Waals surface area contributed by atoms with Crippen LogP contribution >= 0.6 is 23.5 Å². The van der Waals surface area contributed by atoms with E-state index in [4.69, 9.17) is 16.3 Å². The van der Waals surface area contributed by atoms with E-state index in [0.29, 0.717) is 16.7 Å². The number of hydrogen-bond acceptors (Lipinski definition) is 9. The first-order valence-corrected chi connectivity index (χ1v) is 16.8. The summed E-state index contributed by atoms with van der Waals surface area (Å²) in [7, 11) is 1.72. The molecule has 2 atom stereocenters. The van der Waals surface area contributed by atoms with Crippen molar-refractivity contribution in [1.82, 2.24) is 25.3 Å². The fourth-order valence-corrected chi connectivity index (χ4v) is 6.51. The van der Waals surface area contributed by atoms with Crippen molar-refractivity contribution >= 4 is 40.3 Å². The molecule has 0 spiro atoms. The van der Waals surface area contributed by atoms with E-state index in [-0.39, 0.29) is 42.1 Å². The lowest BCUT2D eigenvalue weighted by molar-refractivity contribution is -0.193. The number of ether oxygens (including phenoxy) is 1. The zero-order chi connectivity index (χ0) is 33.5. The second-order valence-corrected chi connectivity index (χ2v) is 14.0. The van der Waals surface area contributed by atoms with Gasteiger partial charge >= 0.3 is 6.18 Å². The summed E-state index contributed by atoms with van der Waals surface area (Å²) in [5, 5.41) is 10.6. The number of rotatable bonds is 15. The lowest BCUT2D eigenvalue weighted by Gasteiger charge is -2.29. The summed E-state index contributed by atoms with van der Waals surface area (Å²) in [5.74, 6) is 1.20. The lowest BCUT2D eigenvalue weighted by Crippen LogP contribution is -2.40. The molecule has 0 bridgehead atoms. The van der Waals surface area contributed by atoms with E-state index in [1.807, 2.05) is 0 Å². The van der Waals surface area contributed by atoms with Crippen LogP contribution in [0, 0.1) is 11.3 Å². The van der Waals surface area contributed by atoms with E-state index < -0.39 is 23.7 Å². The van der Waals surface area contributed by atoms with Gasteiger partial charge in [0, 0.05) is 43.9 Å². The normalized spacial score (nSPS) is 22.2. The maximum atomic E-state index is 13.2. The summed E-state index contributed by atoms with van der Waals surface area (Å²) in [6.07, 6.45) is 6.24. The van der Waals surface area contributed by atoms with Gasteiger partial charge in [-0.05, 0) is 89.1 Å². The van der Waals surface area contributed by atoms with Gasteiger partial charge in [-0.3, -0.25) is 14.5 Å². The number of anilines is 1. The average molecular weight is 684 g/mol. The molecule has 254 valence electrons. The Kier molecular flexibility index (Phi) is 12.3. The average Bonchev–Trinajstić information content (AvgIpc) is 3.60. The molecule has 2 unspecified atom stereocenters. The van der Waals surface area contributed by atoms with E-state index in [0.717, 1.165) is 43.8 Å². The molecule has 3 aliphatic rings. The van der Waals surface area contributed by atoms with Crippen molar-refractivity contribution in [2.75, 3.05) is 31.8 Å². The number of aromatic nitrogens is 1. The molecule has 14 heteroatoms. The van der Waals surface area contributed by atoms with Crippen LogP contribution in [0.25, 0.3) is 0 Å². The van der Waals surface area contributed by atoms with Gasteiger partial charge in [-0.15, -0.1) is 0 Å². The predicted molar refractivity (Wildman–Crippen MR) is 179 cm³/mol. The maximum absolute atomic E-state index is 13.2. The minimum absolute atomic E-state index is 0.0151. The summed E-state index contributed by atoms with van der Waals surface area (Å²) >= 11 is 7.37. The van der Waals surface area contributed by atoms with Crippen molar-refractivity contribution in [3.05, 3.63) is 60.2 Å². The molecular formula is C32H45ClF3N7O2S. The van der Waals surface area contributed by atoms with Crippen LogP contribution in [0.3, 0.4) is 0 Å². The Morgan fingerprint density at radius 3 is 2.70 bits per heavy atom. The number of halogens is 4. The number of carbonyl (C=O) groups is 1. The van der Waals surface area contributed by atoms with Gasteiger partial charge in [0.05, 0.1) is 11.0 Å². The number of aliphatic imine (C=N–C) groups is 1. The largest absolute Gasteiger partial charge is 0.394 e. The van der Waals surface area contributed by atoms with Crippen LogP contribution in [0.1, 0.15) is 75.6 Å². The Morgan fingerprint density at radius 1 is 1.30 bits per heavy atom. The molecule has 0 aromatic carbocycles. The number of pyridine rings is 1. The van der Waals surface area contributed by atoms with Crippen LogP contribution in [0.2, 0.25) is 5.15 Å². The summed E-state index contributed by atoms with van der Waals surface area (Å²) < 4.78 is 48.0. The summed E-state index contributed by atoms with van der Waals surface area (Å²) in [6.45, 7) is 14.1. The molecule has 1 amide bonds. The number of carbonyl (C=O) groups excluding carboxylic acids is 1. The Balaban J connectivity index is 1.17. The van der Waals surface area contributed by atoms with E-state index >= 15 is 0 Å². The van der Waals surface area contributed by atoms with Gasteiger partial charge in [0.25, 0.3) is 5.91 Å². The molecule has 3 heterocycles. The highest BCUT2D eigenvalue weighted by Crippen LogP contribution is 2.59. The highest BCUT2D eigenvalue weighted by molar-refractivity contribution is 8.13. The van der Waals surface area contributed by atoms with Crippen molar-refractivity contribution in [3.8, 4) is 0 Å². The molecule has 2 fully saturated rings. The number of hydrazine groups is 1. The number of amides is 1. The van der Waals surface area contributed by atoms with Crippen molar-refractivity contribution in [1.29, 1.82) is 0 Å². The zero-order valence-corrected chi connectivity index (χ0v) is 28.3. The summed E-state index contributed by atoms with van der Waals surface area (Å²) in [5.41, 5.74) is -1.18. The number of likely N-dealkylation sites (N-methyl/N-ethyl adjacent to an activating group) is 1. The number of nitrogens with one attached hydrogen (secondary N) is 3. The SMILES string of the molecule is C=C/C(=N\C(=C)NCCCCCC1CNC(C)(C)C1)SNC(=O)c1ccc(N2C=CC(OCCC3(C(F)(F)F)CC3)N2C)nc1Cl. The number of alkyl halides is 3. The van der Waals surface area contributed by atoms with Crippen LogP contribution in [-0.4, -0.2) is 65.6 Å². The van der Waals surface area contributed by atoms with Crippen LogP contribution in [0.5, 0.6) is 0 Å². The van der Waals surface area contributed by atoms with Crippen molar-refractivity contribution in [2.45, 2.75) is 83.2 Å². The number of unbranched alkanes of at least 4 members (excludes halogenated alkanes) is 2. The Labute approximate surface area is 279 Å². The van der Waals surface area contributed by atoms with E-state index in [9.17, 15) is 18.0 Å². The van der Waals surface area contributed by atoms with Crippen LogP contribution < -0.4 is 20.4 Å². The Morgan fingerprint density at radius 2 is 2.07 bits per heavy atom. The molecule has 3 N–H and O–H groups in total. The second-order valence-electron chi connectivity index (χ2n) is 12.8. The third-order valence-corrected chi connectivity index (χ3v) is 9.73. The number of nitrogens with zero attached hydrogens (tertiary/aromatic N) is 4. The first kappa shape index (κ1) is 36.3. The molecule has 1 aliphatic carbocycles. The highest BCUT2D eigenvalue weighted by atomic mass is 35.5. The van der Waals surface area contributed by atoms with E-state index in [1.165, 1.54) is 25.3 Å². The highest BCUT2D eigenvalue weighted by Gasteiger charge is 2.62. The van der Waals surface area contributed by atoms with Gasteiger partial charge in [-0.2, -0.15) is 18.2 Å². The molecule has 9 nitrogen and oxygen atoms in total. The first-order valence-electron chi connectivity index (χ1n) is 15.6. The van der Waals surface area contributed by atoms with Gasteiger partial charge in [-0.25, -0.2) is 9.98 Å². The van der Waals surface area contributed by atoms with Gasteiger partial charge in [0.15, 0.2) is 0 Å². The first-order chi connectivity index (χ1) is 21.7. The lowest BCUT2D eigenvalue weighted by atomic mass is 9.93. The molecule has 1 saturated carbocycles.